The third kappa shape index (κ3) is 8.81. The van der Waals surface area contributed by atoms with E-state index in [9.17, 15) is 23.1 Å². The molecule has 6 rings (SSSR count). The number of carbonyl (C=O) groups is 1. The van der Waals surface area contributed by atoms with E-state index in [0.717, 1.165) is 47.2 Å². The monoisotopic (exact) mass is 945 g/mol. The molecule has 1 aromatic heterocycles. The van der Waals surface area contributed by atoms with E-state index in [1.165, 1.54) is 33.4 Å². The number of ketones is 1. The molecule has 0 saturated carbocycles. The fourth-order valence-electron chi connectivity index (χ4n) is 6.86. The van der Waals surface area contributed by atoms with Crippen LogP contribution in [-0.2, 0) is 31.1 Å². The van der Waals surface area contributed by atoms with Gasteiger partial charge in [0, 0.05) is 38.0 Å². The van der Waals surface area contributed by atoms with Crippen molar-refractivity contribution in [1.82, 2.24) is 4.98 Å². The Morgan fingerprint density at radius 3 is 1.98 bits per heavy atom. The second-order valence-electron chi connectivity index (χ2n) is 14.3. The predicted octanol–water partition coefficient (Wildman–Crippen LogP) is 12.6. The topological polar surface area (TPSA) is 50.2 Å². The number of nitrogens with zero attached hydrogens (tertiary/aromatic N) is 1. The molecule has 0 aliphatic rings. The van der Waals surface area contributed by atoms with Crippen LogP contribution < -0.4 is 4.40 Å². The Hall–Kier alpha value is -3.52. The maximum Gasteiger partial charge on any atom is 0 e. The summed E-state index contributed by atoms with van der Waals surface area (Å²) in [6.45, 7) is 8.07. The van der Waals surface area contributed by atoms with Gasteiger partial charge in [-0.1, -0.05) is 51.3 Å². The molecule has 1 N–H and O–H groups in total. The maximum absolute atomic E-state index is 14.0. The van der Waals surface area contributed by atoms with Crippen molar-refractivity contribution in [2.45, 2.75) is 76.8 Å². The molecule has 0 saturated heterocycles. The first-order chi connectivity index (χ1) is 24.2. The van der Waals surface area contributed by atoms with Crippen molar-refractivity contribution in [3.05, 3.63) is 109 Å². The van der Waals surface area contributed by atoms with Gasteiger partial charge in [0.1, 0.15) is 0 Å². The number of carbonyl (C=O) groups excluding carboxylic acids is 1. The predicted molar refractivity (Wildman–Crippen MR) is 210 cm³/mol. The van der Waals surface area contributed by atoms with E-state index in [2.05, 4.69) is 64.7 Å². The molecular weight excluding hydrogens is 896 g/mol. The minimum absolute atomic E-state index is 0. The molecule has 0 aliphatic carbocycles. The van der Waals surface area contributed by atoms with Crippen LogP contribution in [0.15, 0.2) is 96.9 Å². The number of benzene rings is 5. The van der Waals surface area contributed by atoms with Crippen molar-refractivity contribution in [2.75, 3.05) is 0 Å². The molecule has 0 fully saturated rings. The molecule has 5 aromatic carbocycles. The van der Waals surface area contributed by atoms with Crippen LogP contribution in [0.1, 0.15) is 58.9 Å². The Labute approximate surface area is 321 Å². The summed E-state index contributed by atoms with van der Waals surface area (Å²) in [5, 5.41) is 16.7. The second-order valence-corrected chi connectivity index (χ2v) is 25.0. The minimum atomic E-state index is -4.48. The van der Waals surface area contributed by atoms with E-state index in [0.29, 0.717) is 16.6 Å². The second kappa shape index (κ2) is 17.1. The van der Waals surface area contributed by atoms with Crippen molar-refractivity contribution < 1.29 is 43.2 Å². The van der Waals surface area contributed by atoms with E-state index in [1.54, 1.807) is 24.4 Å². The number of aliphatic hydroxyl groups excluding tert-OH is 1. The molecule has 0 amide bonds. The van der Waals surface area contributed by atoms with Crippen LogP contribution in [0, 0.1) is 17.9 Å². The van der Waals surface area contributed by atoms with Gasteiger partial charge in [-0.2, -0.15) is 13.2 Å². The molecule has 0 atom stereocenters. The van der Waals surface area contributed by atoms with Gasteiger partial charge in [-0.15, -0.1) is 6.07 Å². The first-order valence-electron chi connectivity index (χ1n) is 17.9. The van der Waals surface area contributed by atoms with Gasteiger partial charge in [0.05, 0.1) is 5.76 Å². The summed E-state index contributed by atoms with van der Waals surface area (Å²) in [5.41, 5.74) is 0.173. The molecule has 1 radical (unpaired) electrons. The van der Waals surface area contributed by atoms with Crippen molar-refractivity contribution in [1.29, 1.82) is 0 Å². The summed E-state index contributed by atoms with van der Waals surface area (Å²) in [7, 11) is 0. The Bertz CT molecular complexity index is 2230. The molecule has 0 unspecified atom stereocenters. The summed E-state index contributed by atoms with van der Waals surface area (Å²) < 4.78 is 43.3. The largest absolute Gasteiger partial charge is 0 e. The van der Waals surface area contributed by atoms with Crippen LogP contribution in [0.5, 0.6) is 0 Å². The zero-order chi connectivity index (χ0) is 37.1. The molecular formula is C44H47F3GeIrNO2-. The van der Waals surface area contributed by atoms with Crippen LogP contribution in [0.3, 0.4) is 0 Å². The average Bonchev–Trinajstić information content (AvgIpc) is 3.10. The number of aliphatic hydroxyl groups is 1. The first kappa shape index (κ1) is 41.2. The first-order valence-corrected chi connectivity index (χ1v) is 25.3. The van der Waals surface area contributed by atoms with Gasteiger partial charge in [-0.25, -0.2) is 0 Å². The van der Waals surface area contributed by atoms with Crippen LogP contribution in [0.4, 0.5) is 13.2 Å². The van der Waals surface area contributed by atoms with E-state index in [1.807, 2.05) is 39.8 Å². The van der Waals surface area contributed by atoms with E-state index >= 15 is 0 Å². The number of pyridine rings is 1. The summed E-state index contributed by atoms with van der Waals surface area (Å²) >= 11 is -1.96. The molecule has 275 valence electrons. The molecule has 0 spiro atoms. The summed E-state index contributed by atoms with van der Waals surface area (Å²) in [6, 6.07) is 27.9. The third-order valence-corrected chi connectivity index (χ3v) is 14.3. The van der Waals surface area contributed by atoms with Gasteiger partial charge < -0.3 is 5.11 Å². The third-order valence-electron chi connectivity index (χ3n) is 10.0. The van der Waals surface area contributed by atoms with Gasteiger partial charge in [0.2, 0.25) is 0 Å². The number of hydrogen-bond acceptors (Lipinski definition) is 3. The Morgan fingerprint density at radius 1 is 0.769 bits per heavy atom. The number of allylic oxidation sites excluding steroid dienone is 2. The van der Waals surface area contributed by atoms with Crippen molar-refractivity contribution in [3.8, 4) is 11.3 Å². The van der Waals surface area contributed by atoms with Crippen molar-refractivity contribution >= 4 is 66.5 Å². The molecule has 0 bridgehead atoms. The van der Waals surface area contributed by atoms with Gasteiger partial charge in [-0.3, -0.25) is 4.79 Å². The van der Waals surface area contributed by atoms with E-state index in [4.69, 9.17) is 0 Å². The fraction of sp³-hybridized carbons (Fsp3) is 0.318. The van der Waals surface area contributed by atoms with Crippen molar-refractivity contribution in [2.24, 2.45) is 11.8 Å². The maximum atomic E-state index is 14.0. The summed E-state index contributed by atoms with van der Waals surface area (Å²) in [5.74, 6) is 7.71. The fourth-order valence-corrected chi connectivity index (χ4v) is 9.32. The normalized spacial score (nSPS) is 12.4. The van der Waals surface area contributed by atoms with Gasteiger partial charge in [0.25, 0.3) is 0 Å². The number of fused-ring (bicyclic) bond motifs is 6. The number of rotatable bonds is 9. The van der Waals surface area contributed by atoms with Crippen LogP contribution in [-0.4, -0.2) is 29.1 Å². The number of aromatic nitrogens is 1. The standard InChI is InChI=1S/C31H23F3GeN.C13H24O2.Ir/c1-35(2,3)22-9-11-23-20(17-22)8-10-26-25(23)12-13-28-27(26)14-15-36-30(28)21-16-19-6-4-5-7-24(19)29(18-21)31(32,33)34;1-5-10(6-2)12(14)9-13(15)11(7-3)8-4;/h4-15,17-18H,1-3H3;9-11,14H,5-8H2,1-4H3;/q-1;;/b;12-9-;. The zero-order valence-corrected chi connectivity index (χ0v) is 35.4. The molecule has 8 heteroatoms. The zero-order valence-electron chi connectivity index (χ0n) is 30.9. The van der Waals surface area contributed by atoms with E-state index in [-0.39, 0.29) is 48.9 Å². The van der Waals surface area contributed by atoms with Crippen LogP contribution >= 0.6 is 0 Å². The smallest absolute Gasteiger partial charge is 0 e. The van der Waals surface area contributed by atoms with Crippen LogP contribution in [0.2, 0.25) is 17.3 Å². The molecule has 6 aromatic rings. The van der Waals surface area contributed by atoms with Crippen LogP contribution in [0.25, 0.3) is 54.3 Å². The SMILES string of the molecule is CCC(CC)C(=O)/C=C(\O)C(CC)CC.[CH3][Ge]([CH3])([CH3])[c]1ccc2c(ccc3c4ccnc(-c5[c-]c6ccccc6c(C(F)(F)F)c5)c4ccc23)c1.[Ir]. The summed E-state index contributed by atoms with van der Waals surface area (Å²) in [6.07, 6.45) is 2.10. The molecule has 52 heavy (non-hydrogen) atoms. The molecule has 0 aliphatic heterocycles. The average molecular weight is 944 g/mol. The minimum Gasteiger partial charge on any atom is 0 e. The van der Waals surface area contributed by atoms with Crippen molar-refractivity contribution in [3.63, 3.8) is 0 Å². The van der Waals surface area contributed by atoms with E-state index < -0.39 is 25.0 Å². The molecule has 1 heterocycles. The Kier molecular flexibility index (Phi) is 13.6. The number of halogens is 3. The van der Waals surface area contributed by atoms with Gasteiger partial charge in [-0.05, 0) is 25.7 Å². The Morgan fingerprint density at radius 2 is 1.35 bits per heavy atom. The summed E-state index contributed by atoms with van der Waals surface area (Å²) in [4.78, 5) is 16.2. The number of hydrogen-bond donors (Lipinski definition) is 1. The molecule has 3 nitrogen and oxygen atoms in total. The quantitative estimate of drug-likeness (QED) is 0.0517. The van der Waals surface area contributed by atoms with Gasteiger partial charge >= 0.3 is 167 Å². The Balaban J connectivity index is 0.000000323. The number of alkyl halides is 3. The van der Waals surface area contributed by atoms with Gasteiger partial charge in [0.15, 0.2) is 5.78 Å².